The molecule has 0 spiro atoms. The number of ether oxygens (including phenoxy) is 2. The Balaban J connectivity index is 2.01. The minimum atomic E-state index is -0.228. The Morgan fingerprint density at radius 1 is 1.26 bits per heavy atom. The average Bonchev–Trinajstić information content (AvgIpc) is 2.76. The summed E-state index contributed by atoms with van der Waals surface area (Å²) >= 11 is 0. The van der Waals surface area contributed by atoms with Crippen LogP contribution in [0.2, 0.25) is 0 Å². The number of carbonyl (C=O) groups is 1. The van der Waals surface area contributed by atoms with Crippen molar-refractivity contribution in [2.45, 2.75) is 25.4 Å². The van der Waals surface area contributed by atoms with E-state index < -0.39 is 0 Å². The van der Waals surface area contributed by atoms with Gasteiger partial charge in [0, 0.05) is 11.5 Å². The average molecular weight is 256 g/mol. The van der Waals surface area contributed by atoms with Crippen molar-refractivity contribution >= 4 is 16.7 Å². The lowest BCUT2D eigenvalue weighted by Crippen LogP contribution is -2.21. The van der Waals surface area contributed by atoms with Gasteiger partial charge in [-0.15, -0.1) is 0 Å². The van der Waals surface area contributed by atoms with E-state index in [4.69, 9.17) is 9.47 Å². The van der Waals surface area contributed by atoms with E-state index in [1.807, 2.05) is 18.2 Å². The summed E-state index contributed by atoms with van der Waals surface area (Å²) < 4.78 is 10.6. The molecule has 0 fully saturated rings. The zero-order valence-corrected chi connectivity index (χ0v) is 11.1. The maximum atomic E-state index is 11.4. The van der Waals surface area contributed by atoms with Crippen LogP contribution in [0.15, 0.2) is 36.4 Å². The van der Waals surface area contributed by atoms with Gasteiger partial charge in [-0.25, -0.2) is 0 Å². The lowest BCUT2D eigenvalue weighted by Gasteiger charge is -2.13. The van der Waals surface area contributed by atoms with Gasteiger partial charge >= 0.3 is 5.97 Å². The van der Waals surface area contributed by atoms with Crippen LogP contribution in [-0.4, -0.2) is 19.2 Å². The number of hydrogen-bond acceptors (Lipinski definition) is 3. The summed E-state index contributed by atoms with van der Waals surface area (Å²) in [6.07, 6.45) is 0.161. The Labute approximate surface area is 112 Å². The van der Waals surface area contributed by atoms with Crippen molar-refractivity contribution in [2.24, 2.45) is 0 Å². The molecule has 0 saturated heterocycles. The van der Waals surface area contributed by atoms with Crippen molar-refractivity contribution in [1.82, 2.24) is 0 Å². The van der Waals surface area contributed by atoms with Gasteiger partial charge in [0.15, 0.2) is 0 Å². The molecule has 0 amide bonds. The molecule has 19 heavy (non-hydrogen) atoms. The van der Waals surface area contributed by atoms with Crippen LogP contribution in [0.3, 0.4) is 0 Å². The van der Waals surface area contributed by atoms with Crippen molar-refractivity contribution in [1.29, 1.82) is 0 Å². The zero-order valence-electron chi connectivity index (χ0n) is 11.1. The van der Waals surface area contributed by atoms with E-state index in [9.17, 15) is 4.79 Å². The van der Waals surface area contributed by atoms with Crippen molar-refractivity contribution in [2.75, 3.05) is 7.11 Å². The lowest BCUT2D eigenvalue weighted by molar-refractivity contribution is -0.142. The van der Waals surface area contributed by atoms with E-state index >= 15 is 0 Å². The predicted molar refractivity (Wildman–Crippen MR) is 73.4 cm³/mol. The highest BCUT2D eigenvalue weighted by Gasteiger charge is 2.34. The van der Waals surface area contributed by atoms with Crippen molar-refractivity contribution in [3.63, 3.8) is 0 Å². The molecule has 0 saturated carbocycles. The van der Waals surface area contributed by atoms with Crippen LogP contribution in [0, 0.1) is 0 Å². The number of rotatable bonds is 2. The smallest absolute Gasteiger partial charge is 0.309 e. The van der Waals surface area contributed by atoms with Crippen LogP contribution in [0.25, 0.3) is 10.8 Å². The highest BCUT2D eigenvalue weighted by molar-refractivity contribution is 5.89. The van der Waals surface area contributed by atoms with Gasteiger partial charge in [-0.05, 0) is 16.8 Å². The van der Waals surface area contributed by atoms with Crippen LogP contribution in [0.4, 0.5) is 0 Å². The second-order valence-electron chi connectivity index (χ2n) is 4.92. The molecule has 1 heterocycles. The normalized spacial score (nSPS) is 20.9. The molecule has 0 aromatic heterocycles. The molecule has 2 atom stereocenters. The van der Waals surface area contributed by atoms with Crippen LogP contribution < -0.4 is 4.74 Å². The van der Waals surface area contributed by atoms with Gasteiger partial charge in [0.25, 0.3) is 0 Å². The minimum Gasteiger partial charge on any atom is -0.489 e. The number of carbonyl (C=O) groups excluding carboxylic acids is 1. The van der Waals surface area contributed by atoms with Crippen molar-refractivity contribution in [3.05, 3.63) is 42.0 Å². The van der Waals surface area contributed by atoms with Gasteiger partial charge in [0.05, 0.1) is 13.5 Å². The summed E-state index contributed by atoms with van der Waals surface area (Å²) in [6, 6.07) is 12.3. The molecule has 0 aliphatic carbocycles. The molecule has 1 aliphatic rings. The summed E-state index contributed by atoms with van der Waals surface area (Å²) in [5.41, 5.74) is 1.20. The first-order valence-electron chi connectivity index (χ1n) is 6.46. The molecule has 0 unspecified atom stereocenters. The third kappa shape index (κ3) is 1.95. The second-order valence-corrected chi connectivity index (χ2v) is 4.92. The minimum absolute atomic E-state index is 0.131. The number of fused-ring (bicyclic) bond motifs is 3. The molecule has 3 rings (SSSR count). The molecule has 98 valence electrons. The Morgan fingerprint density at radius 3 is 2.84 bits per heavy atom. The standard InChI is InChI=1S/C16H16O3/c1-10-14(9-15(17)18-2)19-13-8-7-11-5-3-4-6-12(11)16(10)13/h3-8,10,14H,9H2,1-2H3/t10-,14+/m1/s1. The van der Waals surface area contributed by atoms with Gasteiger partial charge in [0.2, 0.25) is 0 Å². The Morgan fingerprint density at radius 2 is 2.05 bits per heavy atom. The van der Waals surface area contributed by atoms with Gasteiger partial charge in [-0.3, -0.25) is 4.79 Å². The fourth-order valence-electron chi connectivity index (χ4n) is 2.77. The molecule has 2 aromatic carbocycles. The third-order valence-corrected chi connectivity index (χ3v) is 3.82. The summed E-state index contributed by atoms with van der Waals surface area (Å²) in [7, 11) is 1.41. The van der Waals surface area contributed by atoms with Gasteiger partial charge < -0.3 is 9.47 Å². The van der Waals surface area contributed by atoms with E-state index in [0.29, 0.717) is 6.42 Å². The number of esters is 1. The third-order valence-electron chi connectivity index (χ3n) is 3.82. The fraction of sp³-hybridized carbons (Fsp3) is 0.312. The Kier molecular flexibility index (Phi) is 2.90. The van der Waals surface area contributed by atoms with E-state index in [1.165, 1.54) is 23.4 Å². The van der Waals surface area contributed by atoms with Crippen molar-refractivity contribution in [3.8, 4) is 5.75 Å². The highest BCUT2D eigenvalue weighted by Crippen LogP contribution is 2.43. The summed E-state index contributed by atoms with van der Waals surface area (Å²) in [5, 5.41) is 2.41. The quantitative estimate of drug-likeness (QED) is 0.774. The molecule has 0 N–H and O–H groups in total. The Bertz CT molecular complexity index is 633. The summed E-state index contributed by atoms with van der Waals surface area (Å²) in [5.74, 6) is 0.856. The topological polar surface area (TPSA) is 35.5 Å². The lowest BCUT2D eigenvalue weighted by atomic mass is 9.91. The molecule has 3 nitrogen and oxygen atoms in total. The first kappa shape index (κ1) is 12.0. The SMILES string of the molecule is COC(=O)C[C@@H]1Oc2ccc3ccccc3c2[C@@H]1C. The zero-order chi connectivity index (χ0) is 13.4. The highest BCUT2D eigenvalue weighted by atomic mass is 16.5. The van der Waals surface area contributed by atoms with Crippen LogP contribution >= 0.6 is 0 Å². The van der Waals surface area contributed by atoms with E-state index in [1.54, 1.807) is 0 Å². The first-order chi connectivity index (χ1) is 9.20. The van der Waals surface area contributed by atoms with Gasteiger partial charge in [-0.2, -0.15) is 0 Å². The number of hydrogen-bond donors (Lipinski definition) is 0. The van der Waals surface area contributed by atoms with Crippen LogP contribution in [-0.2, 0) is 9.53 Å². The summed E-state index contributed by atoms with van der Waals surface area (Å²) in [6.45, 7) is 2.10. The second kappa shape index (κ2) is 4.57. The van der Waals surface area contributed by atoms with Crippen molar-refractivity contribution < 1.29 is 14.3 Å². The van der Waals surface area contributed by atoms with E-state index in [2.05, 4.69) is 25.1 Å². The van der Waals surface area contributed by atoms with Gasteiger partial charge in [0.1, 0.15) is 11.9 Å². The van der Waals surface area contributed by atoms with Crippen LogP contribution in [0.5, 0.6) is 5.75 Å². The van der Waals surface area contributed by atoms with Crippen LogP contribution in [0.1, 0.15) is 24.8 Å². The number of benzene rings is 2. The monoisotopic (exact) mass is 256 g/mol. The molecular weight excluding hydrogens is 240 g/mol. The van der Waals surface area contributed by atoms with E-state index in [-0.39, 0.29) is 18.0 Å². The number of methoxy groups -OCH3 is 1. The molecule has 0 bridgehead atoms. The molecule has 2 aromatic rings. The molecule has 0 radical (unpaired) electrons. The molecule has 3 heteroatoms. The largest absolute Gasteiger partial charge is 0.489 e. The van der Waals surface area contributed by atoms with Gasteiger partial charge in [-0.1, -0.05) is 37.3 Å². The first-order valence-corrected chi connectivity index (χ1v) is 6.46. The fourth-order valence-corrected chi connectivity index (χ4v) is 2.77. The predicted octanol–water partition coefficient (Wildman–Crippen LogP) is 3.27. The maximum Gasteiger partial charge on any atom is 0.309 e. The maximum absolute atomic E-state index is 11.4. The summed E-state index contributed by atoms with van der Waals surface area (Å²) in [4.78, 5) is 11.4. The molecule has 1 aliphatic heterocycles. The molecular formula is C16H16O3. The van der Waals surface area contributed by atoms with E-state index in [0.717, 1.165) is 5.75 Å². The Hall–Kier alpha value is -2.03.